The number of ether oxygens (including phenoxy) is 1. The maximum atomic E-state index is 12.9. The Morgan fingerprint density at radius 1 is 1.30 bits per heavy atom. The first-order valence-corrected chi connectivity index (χ1v) is 7.80. The Labute approximate surface area is 118 Å². The van der Waals surface area contributed by atoms with Crippen molar-refractivity contribution in [2.45, 2.75) is 19.3 Å². The number of hydrogen-bond donors (Lipinski definition) is 1. The minimum atomic E-state index is -3.75. The Morgan fingerprint density at radius 3 is 2.35 bits per heavy atom. The molecule has 7 heteroatoms. The van der Waals surface area contributed by atoms with Crippen molar-refractivity contribution in [2.75, 3.05) is 20.3 Å². The smallest absolute Gasteiger partial charge is 0.349 e. The predicted molar refractivity (Wildman–Crippen MR) is 75.6 cm³/mol. The molecule has 20 heavy (non-hydrogen) atoms. The summed E-state index contributed by atoms with van der Waals surface area (Å²) in [6, 6.07) is 6.35. The third-order valence-electron chi connectivity index (χ3n) is 2.75. The number of methoxy groups -OCH3 is 1. The molecule has 1 aromatic carbocycles. The number of carbonyl (C=O) groups excluding carboxylic acids is 1. The van der Waals surface area contributed by atoms with Crippen molar-refractivity contribution in [1.82, 2.24) is 0 Å². The molecule has 0 aromatic heterocycles. The maximum absolute atomic E-state index is 12.9. The number of rotatable bonds is 8. The van der Waals surface area contributed by atoms with Crippen molar-refractivity contribution in [3.05, 3.63) is 35.4 Å². The maximum Gasteiger partial charge on any atom is 0.381 e. The molecule has 0 spiro atoms. The van der Waals surface area contributed by atoms with Gasteiger partial charge in [0.15, 0.2) is 0 Å². The van der Waals surface area contributed by atoms with E-state index in [4.69, 9.17) is 19.5 Å². The molecule has 1 rings (SSSR count). The minimum Gasteiger partial charge on any atom is -0.349 e. The molecule has 0 heterocycles. The normalized spacial score (nSPS) is 14.8. The highest BCUT2D eigenvalue weighted by atomic mass is 31.2. The van der Waals surface area contributed by atoms with Crippen molar-refractivity contribution in [3.8, 4) is 0 Å². The van der Waals surface area contributed by atoms with Crippen LogP contribution in [-0.4, -0.2) is 26.6 Å². The van der Waals surface area contributed by atoms with Crippen LogP contribution in [0.4, 0.5) is 0 Å². The van der Waals surface area contributed by atoms with Gasteiger partial charge in [0.25, 0.3) is 0 Å². The zero-order valence-electron chi connectivity index (χ0n) is 11.9. The molecular formula is C13H20NO5P. The number of carbonyl (C=O) groups is 1. The van der Waals surface area contributed by atoms with Crippen LogP contribution in [-0.2, 0) is 23.8 Å². The molecule has 1 aromatic rings. The van der Waals surface area contributed by atoms with Gasteiger partial charge in [-0.2, -0.15) is 0 Å². The lowest BCUT2D eigenvalue weighted by molar-refractivity contribution is 0.0251. The van der Waals surface area contributed by atoms with Crippen LogP contribution in [0, 0.1) is 0 Å². The molecular weight excluding hydrogens is 281 g/mol. The highest BCUT2D eigenvalue weighted by Gasteiger charge is 2.50. The first-order chi connectivity index (χ1) is 9.47. The molecule has 112 valence electrons. The van der Waals surface area contributed by atoms with E-state index in [2.05, 4.69) is 0 Å². The summed E-state index contributed by atoms with van der Waals surface area (Å²) in [4.78, 5) is 10.9. The lowest BCUT2D eigenvalue weighted by Gasteiger charge is -2.34. The van der Waals surface area contributed by atoms with E-state index < -0.39 is 13.1 Å². The molecule has 0 aliphatic rings. The highest BCUT2D eigenvalue weighted by molar-refractivity contribution is 7.54. The lowest BCUT2D eigenvalue weighted by Crippen LogP contribution is -2.40. The summed E-state index contributed by atoms with van der Waals surface area (Å²) in [5.74, 6) is 0. The summed E-state index contributed by atoms with van der Waals surface area (Å²) in [7, 11) is -2.44. The van der Waals surface area contributed by atoms with Gasteiger partial charge in [0, 0.05) is 18.2 Å². The molecule has 6 nitrogen and oxygen atoms in total. The van der Waals surface area contributed by atoms with Crippen molar-refractivity contribution in [1.29, 1.82) is 0 Å². The van der Waals surface area contributed by atoms with Gasteiger partial charge in [-0.15, -0.1) is 0 Å². The molecule has 0 saturated carbocycles. The van der Waals surface area contributed by atoms with Crippen LogP contribution in [0.1, 0.15) is 29.8 Å². The van der Waals surface area contributed by atoms with Crippen LogP contribution >= 0.6 is 7.60 Å². The van der Waals surface area contributed by atoms with Gasteiger partial charge in [0.1, 0.15) is 6.29 Å². The Bertz CT molecular complexity index is 497. The van der Waals surface area contributed by atoms with E-state index in [0.29, 0.717) is 17.4 Å². The van der Waals surface area contributed by atoms with Gasteiger partial charge in [-0.25, -0.2) is 0 Å². The van der Waals surface area contributed by atoms with E-state index in [-0.39, 0.29) is 13.2 Å². The first-order valence-electron chi connectivity index (χ1n) is 6.26. The first kappa shape index (κ1) is 17.0. The quantitative estimate of drug-likeness (QED) is 0.451. The Kier molecular flexibility index (Phi) is 6.05. The van der Waals surface area contributed by atoms with E-state index in [1.807, 2.05) is 0 Å². The van der Waals surface area contributed by atoms with Crippen LogP contribution in [0.3, 0.4) is 0 Å². The van der Waals surface area contributed by atoms with Gasteiger partial charge in [0.05, 0.1) is 13.2 Å². The molecule has 0 amide bonds. The third-order valence-corrected chi connectivity index (χ3v) is 5.20. The molecule has 1 atom stereocenters. The van der Waals surface area contributed by atoms with Crippen molar-refractivity contribution in [2.24, 2.45) is 5.73 Å². The second-order valence-corrected chi connectivity index (χ2v) is 6.15. The summed E-state index contributed by atoms with van der Waals surface area (Å²) >= 11 is 0. The van der Waals surface area contributed by atoms with Crippen LogP contribution in [0.15, 0.2) is 24.3 Å². The van der Waals surface area contributed by atoms with Gasteiger partial charge in [0.2, 0.25) is 5.47 Å². The predicted octanol–water partition coefficient (Wildman–Crippen LogP) is 2.48. The molecule has 0 fully saturated rings. The van der Waals surface area contributed by atoms with E-state index >= 15 is 0 Å². The zero-order chi connectivity index (χ0) is 15.2. The second-order valence-electron chi connectivity index (χ2n) is 3.98. The van der Waals surface area contributed by atoms with Crippen LogP contribution in [0.2, 0.25) is 0 Å². The SMILES string of the molecule is CCOP(=O)(OCC)[C@](N)(OC)c1cccc(C=O)c1. The largest absolute Gasteiger partial charge is 0.381 e. The zero-order valence-corrected chi connectivity index (χ0v) is 12.8. The molecule has 2 N–H and O–H groups in total. The van der Waals surface area contributed by atoms with Gasteiger partial charge >= 0.3 is 7.60 Å². The molecule has 0 bridgehead atoms. The van der Waals surface area contributed by atoms with Gasteiger partial charge in [-0.3, -0.25) is 15.1 Å². The standard InChI is InChI=1S/C13H20NO5P/c1-4-18-20(16,19-5-2)13(14,17-3)12-8-6-7-11(9-12)10-15/h6-10H,4-5,14H2,1-3H3/t13-/m1/s1. The Morgan fingerprint density at radius 2 is 1.90 bits per heavy atom. The van der Waals surface area contributed by atoms with Crippen molar-refractivity contribution < 1.29 is 23.1 Å². The number of hydrogen-bond acceptors (Lipinski definition) is 6. The van der Waals surface area contributed by atoms with Crippen molar-refractivity contribution in [3.63, 3.8) is 0 Å². The second kappa shape index (κ2) is 7.11. The van der Waals surface area contributed by atoms with E-state index in [1.165, 1.54) is 13.2 Å². The Hall–Kier alpha value is -1.04. The van der Waals surface area contributed by atoms with Crippen LogP contribution in [0.25, 0.3) is 0 Å². The van der Waals surface area contributed by atoms with Crippen molar-refractivity contribution >= 4 is 13.9 Å². The minimum absolute atomic E-state index is 0.160. The van der Waals surface area contributed by atoms with Gasteiger partial charge < -0.3 is 13.8 Å². The summed E-state index contributed by atoms with van der Waals surface area (Å²) in [6.07, 6.45) is 0.672. The van der Waals surface area contributed by atoms with Crippen LogP contribution < -0.4 is 5.73 Å². The van der Waals surface area contributed by atoms with Gasteiger partial charge in [-0.1, -0.05) is 18.2 Å². The number of benzene rings is 1. The third kappa shape index (κ3) is 3.16. The van der Waals surface area contributed by atoms with E-state index in [9.17, 15) is 9.36 Å². The molecule has 0 saturated heterocycles. The molecule has 0 aliphatic heterocycles. The fraction of sp³-hybridized carbons (Fsp3) is 0.462. The lowest BCUT2D eigenvalue weighted by atomic mass is 10.1. The Balaban J connectivity index is 3.36. The fourth-order valence-corrected chi connectivity index (χ4v) is 3.61. The number of nitrogens with two attached hydrogens (primary N) is 1. The van der Waals surface area contributed by atoms with E-state index in [0.717, 1.165) is 0 Å². The average molecular weight is 301 g/mol. The number of aldehydes is 1. The average Bonchev–Trinajstić information content (AvgIpc) is 2.46. The van der Waals surface area contributed by atoms with Crippen LogP contribution in [0.5, 0.6) is 0 Å². The molecule has 0 unspecified atom stereocenters. The summed E-state index contributed by atoms with van der Waals surface area (Å²) in [6.45, 7) is 3.69. The topological polar surface area (TPSA) is 87.8 Å². The molecule has 0 radical (unpaired) electrons. The van der Waals surface area contributed by atoms with E-state index in [1.54, 1.807) is 32.0 Å². The monoisotopic (exact) mass is 301 g/mol. The summed E-state index contributed by atoms with van der Waals surface area (Å²) in [5, 5.41) is 0. The fourth-order valence-electron chi connectivity index (χ4n) is 1.79. The van der Waals surface area contributed by atoms with Gasteiger partial charge in [-0.05, 0) is 19.9 Å². The summed E-state index contributed by atoms with van der Waals surface area (Å²) < 4.78 is 28.6. The summed E-state index contributed by atoms with van der Waals surface area (Å²) in [5.41, 5.74) is 5.13. The highest BCUT2D eigenvalue weighted by Crippen LogP contribution is 2.62. The molecule has 0 aliphatic carbocycles.